The largest absolute Gasteiger partial charge is 0.506 e. The molecule has 0 aliphatic carbocycles. The van der Waals surface area contributed by atoms with Crippen LogP contribution in [0.3, 0.4) is 0 Å². The topological polar surface area (TPSA) is 49.8 Å². The van der Waals surface area contributed by atoms with E-state index in [0.29, 0.717) is 23.8 Å². The van der Waals surface area contributed by atoms with Crippen molar-refractivity contribution in [1.82, 2.24) is 0 Å². The van der Waals surface area contributed by atoms with Crippen LogP contribution in [-0.4, -0.2) is 37.2 Å². The molecule has 1 aliphatic heterocycles. The lowest BCUT2D eigenvalue weighted by molar-refractivity contribution is 0.101. The Hall–Kier alpha value is -2.04. The summed E-state index contributed by atoms with van der Waals surface area (Å²) in [4.78, 5) is 14.1. The van der Waals surface area contributed by atoms with E-state index in [0.717, 1.165) is 35.5 Å². The molecule has 4 nitrogen and oxygen atoms in total. The van der Waals surface area contributed by atoms with Gasteiger partial charge in [-0.1, -0.05) is 11.6 Å². The molecule has 1 N–H and O–H groups in total. The van der Waals surface area contributed by atoms with Crippen molar-refractivity contribution in [3.05, 3.63) is 46.5 Å². The predicted molar refractivity (Wildman–Crippen MR) is 96.3 cm³/mol. The highest BCUT2D eigenvalue weighted by molar-refractivity contribution is 6.32. The molecular formula is C19H20ClNO3. The Labute approximate surface area is 146 Å². The van der Waals surface area contributed by atoms with Gasteiger partial charge in [-0.05, 0) is 55.3 Å². The number of aryl methyl sites for hydroxylation is 1. The Morgan fingerprint density at radius 1 is 1.17 bits per heavy atom. The maximum Gasteiger partial charge on any atom is 0.159 e. The van der Waals surface area contributed by atoms with E-state index in [4.69, 9.17) is 16.3 Å². The molecule has 2 aromatic carbocycles. The van der Waals surface area contributed by atoms with Gasteiger partial charge in [-0.2, -0.15) is 0 Å². The number of anilines is 1. The number of carbonyl (C=O) groups excluding carboxylic acids is 1. The van der Waals surface area contributed by atoms with Gasteiger partial charge in [-0.25, -0.2) is 0 Å². The van der Waals surface area contributed by atoms with Crippen molar-refractivity contribution in [2.24, 2.45) is 0 Å². The lowest BCUT2D eigenvalue weighted by Gasteiger charge is -2.31. The van der Waals surface area contributed by atoms with E-state index in [9.17, 15) is 9.90 Å². The normalized spacial score (nSPS) is 14.7. The first-order chi connectivity index (χ1) is 11.5. The van der Waals surface area contributed by atoms with E-state index < -0.39 is 0 Å². The van der Waals surface area contributed by atoms with Crippen LogP contribution in [0.4, 0.5) is 5.69 Å². The van der Waals surface area contributed by atoms with Crippen LogP contribution in [0, 0.1) is 6.92 Å². The summed E-state index contributed by atoms with van der Waals surface area (Å²) >= 11 is 6.13. The number of hydrogen-bond donors (Lipinski definition) is 1. The van der Waals surface area contributed by atoms with E-state index in [2.05, 4.69) is 4.90 Å². The molecule has 126 valence electrons. The van der Waals surface area contributed by atoms with Gasteiger partial charge >= 0.3 is 0 Å². The Morgan fingerprint density at radius 2 is 1.88 bits per heavy atom. The lowest BCUT2D eigenvalue weighted by atomic mass is 9.95. The maximum atomic E-state index is 11.8. The molecule has 24 heavy (non-hydrogen) atoms. The number of nitrogens with zero attached hydrogens (tertiary/aromatic N) is 1. The Kier molecular flexibility index (Phi) is 4.78. The highest BCUT2D eigenvalue weighted by Crippen LogP contribution is 2.38. The van der Waals surface area contributed by atoms with Crippen molar-refractivity contribution >= 4 is 23.1 Å². The smallest absolute Gasteiger partial charge is 0.159 e. The maximum absolute atomic E-state index is 11.8. The Balaban J connectivity index is 2.17. The summed E-state index contributed by atoms with van der Waals surface area (Å²) in [5, 5.41) is 10.1. The fourth-order valence-electron chi connectivity index (χ4n) is 3.01. The molecule has 1 saturated heterocycles. The molecule has 1 heterocycles. The molecule has 2 aromatic rings. The number of ketones is 1. The van der Waals surface area contributed by atoms with Crippen LogP contribution in [0.1, 0.15) is 22.8 Å². The van der Waals surface area contributed by atoms with Crippen LogP contribution in [0.5, 0.6) is 5.75 Å². The van der Waals surface area contributed by atoms with Crippen LogP contribution in [0.25, 0.3) is 11.1 Å². The Morgan fingerprint density at radius 3 is 2.54 bits per heavy atom. The summed E-state index contributed by atoms with van der Waals surface area (Å²) < 4.78 is 5.44. The SMILES string of the molecule is CC(=O)c1ccc(N2CCOCC2)c(-c2cc(Cl)c(O)cc2C)c1. The van der Waals surface area contributed by atoms with Gasteiger partial charge in [-0.15, -0.1) is 0 Å². The molecule has 5 heteroatoms. The number of Topliss-reactive ketones (excluding diaryl/α,β-unsaturated/α-hetero) is 1. The average molecular weight is 346 g/mol. The highest BCUT2D eigenvalue weighted by Gasteiger charge is 2.19. The second-order valence-electron chi connectivity index (χ2n) is 6.01. The summed E-state index contributed by atoms with van der Waals surface area (Å²) in [5.41, 5.74) is 4.48. The van der Waals surface area contributed by atoms with E-state index in [1.165, 1.54) is 0 Å². The Bertz CT molecular complexity index is 782. The van der Waals surface area contributed by atoms with Crippen molar-refractivity contribution in [2.45, 2.75) is 13.8 Å². The monoisotopic (exact) mass is 345 g/mol. The molecule has 0 atom stereocenters. The number of phenols is 1. The third-order valence-corrected chi connectivity index (χ3v) is 4.64. The molecule has 0 amide bonds. The number of morpholine rings is 1. The molecule has 0 spiro atoms. The molecule has 0 bridgehead atoms. The number of aromatic hydroxyl groups is 1. The van der Waals surface area contributed by atoms with E-state index in [-0.39, 0.29) is 11.5 Å². The second-order valence-corrected chi connectivity index (χ2v) is 6.41. The van der Waals surface area contributed by atoms with Crippen molar-refractivity contribution in [2.75, 3.05) is 31.2 Å². The van der Waals surface area contributed by atoms with Crippen LogP contribution >= 0.6 is 11.6 Å². The zero-order chi connectivity index (χ0) is 17.3. The van der Waals surface area contributed by atoms with Gasteiger partial charge in [0.15, 0.2) is 5.78 Å². The second kappa shape index (κ2) is 6.83. The van der Waals surface area contributed by atoms with Gasteiger partial charge < -0.3 is 14.7 Å². The van der Waals surface area contributed by atoms with Crippen LogP contribution < -0.4 is 4.90 Å². The minimum atomic E-state index is 0.0207. The van der Waals surface area contributed by atoms with Gasteiger partial charge in [0, 0.05) is 29.9 Å². The highest BCUT2D eigenvalue weighted by atomic mass is 35.5. The first kappa shape index (κ1) is 16.8. The number of rotatable bonds is 3. The predicted octanol–water partition coefficient (Wildman–Crippen LogP) is 4.06. The van der Waals surface area contributed by atoms with Crippen LogP contribution in [-0.2, 0) is 4.74 Å². The van der Waals surface area contributed by atoms with Gasteiger partial charge in [0.2, 0.25) is 0 Å². The molecule has 0 unspecified atom stereocenters. The molecule has 1 aliphatic rings. The first-order valence-electron chi connectivity index (χ1n) is 7.94. The zero-order valence-electron chi connectivity index (χ0n) is 13.8. The van der Waals surface area contributed by atoms with Gasteiger partial charge in [-0.3, -0.25) is 4.79 Å². The number of benzene rings is 2. The number of ether oxygens (including phenoxy) is 1. The summed E-state index contributed by atoms with van der Waals surface area (Å²) in [7, 11) is 0. The molecule has 0 radical (unpaired) electrons. The van der Waals surface area contributed by atoms with E-state index >= 15 is 0 Å². The van der Waals surface area contributed by atoms with Crippen molar-refractivity contribution in [1.29, 1.82) is 0 Å². The summed E-state index contributed by atoms with van der Waals surface area (Å²) in [5.74, 6) is 0.0841. The minimum Gasteiger partial charge on any atom is -0.506 e. The summed E-state index contributed by atoms with van der Waals surface area (Å²) in [6.45, 7) is 6.46. The molecule has 3 rings (SSSR count). The molecule has 0 aromatic heterocycles. The zero-order valence-corrected chi connectivity index (χ0v) is 14.6. The third kappa shape index (κ3) is 3.25. The van der Waals surface area contributed by atoms with Gasteiger partial charge in [0.25, 0.3) is 0 Å². The lowest BCUT2D eigenvalue weighted by Crippen LogP contribution is -2.36. The van der Waals surface area contributed by atoms with Crippen LogP contribution in [0.2, 0.25) is 5.02 Å². The number of carbonyl (C=O) groups is 1. The van der Waals surface area contributed by atoms with Crippen LogP contribution in [0.15, 0.2) is 30.3 Å². The fourth-order valence-corrected chi connectivity index (χ4v) is 3.17. The molecule has 0 saturated carbocycles. The summed E-state index contributed by atoms with van der Waals surface area (Å²) in [6, 6.07) is 9.16. The average Bonchev–Trinajstić information content (AvgIpc) is 2.58. The number of hydrogen-bond acceptors (Lipinski definition) is 4. The standard InChI is InChI=1S/C19H20ClNO3/c1-12-9-19(23)17(20)11-15(12)16-10-14(13(2)22)3-4-18(16)21-5-7-24-8-6-21/h3-4,9-11,23H,5-8H2,1-2H3. The van der Waals surface area contributed by atoms with Crippen molar-refractivity contribution in [3.8, 4) is 16.9 Å². The summed E-state index contributed by atoms with van der Waals surface area (Å²) in [6.07, 6.45) is 0. The molecular weight excluding hydrogens is 326 g/mol. The van der Waals surface area contributed by atoms with Gasteiger partial charge in [0.05, 0.1) is 18.2 Å². The third-order valence-electron chi connectivity index (χ3n) is 4.34. The first-order valence-corrected chi connectivity index (χ1v) is 8.32. The molecule has 1 fully saturated rings. The number of halogens is 1. The van der Waals surface area contributed by atoms with Crippen molar-refractivity contribution in [3.63, 3.8) is 0 Å². The quantitative estimate of drug-likeness (QED) is 0.852. The van der Waals surface area contributed by atoms with E-state index in [1.807, 2.05) is 25.1 Å². The minimum absolute atomic E-state index is 0.0207. The van der Waals surface area contributed by atoms with Gasteiger partial charge in [0.1, 0.15) is 5.75 Å². The number of phenolic OH excluding ortho intramolecular Hbond substituents is 1. The van der Waals surface area contributed by atoms with E-state index in [1.54, 1.807) is 19.1 Å². The van der Waals surface area contributed by atoms with Crippen molar-refractivity contribution < 1.29 is 14.6 Å². The fraction of sp³-hybridized carbons (Fsp3) is 0.316.